The molecule has 22 heavy (non-hydrogen) atoms. The number of benzene rings is 1. The molecule has 118 valence electrons. The van der Waals surface area contributed by atoms with E-state index in [0.29, 0.717) is 12.1 Å². The highest BCUT2D eigenvalue weighted by atomic mass is 16.4. The quantitative estimate of drug-likeness (QED) is 0.778. The van der Waals surface area contributed by atoms with Crippen LogP contribution in [0.1, 0.15) is 38.2 Å². The number of hydrogen-bond donors (Lipinski definition) is 3. The van der Waals surface area contributed by atoms with Crippen molar-refractivity contribution in [3.8, 4) is 0 Å². The van der Waals surface area contributed by atoms with Gasteiger partial charge >= 0.3 is 5.97 Å². The molecule has 0 saturated heterocycles. The lowest BCUT2D eigenvalue weighted by Gasteiger charge is -2.12. The Kier molecular flexibility index (Phi) is 5.14. The van der Waals surface area contributed by atoms with Crippen molar-refractivity contribution in [2.24, 2.45) is 5.92 Å². The Morgan fingerprint density at radius 2 is 2.09 bits per heavy atom. The average molecular weight is 304 g/mol. The largest absolute Gasteiger partial charge is 0.481 e. The zero-order valence-electron chi connectivity index (χ0n) is 12.5. The van der Waals surface area contributed by atoms with Gasteiger partial charge in [0, 0.05) is 30.6 Å². The molecule has 0 spiro atoms. The van der Waals surface area contributed by atoms with E-state index in [1.54, 1.807) is 19.1 Å². The molecule has 0 fully saturated rings. The Balaban J connectivity index is 1.99. The van der Waals surface area contributed by atoms with E-state index in [0.717, 1.165) is 24.1 Å². The van der Waals surface area contributed by atoms with Crippen LogP contribution in [0.3, 0.4) is 0 Å². The number of carboxylic acid groups (broad SMARTS) is 1. The number of aryl methyl sites for hydroxylation is 1. The normalized spacial score (nSPS) is 15.2. The van der Waals surface area contributed by atoms with Gasteiger partial charge in [0.15, 0.2) is 0 Å². The van der Waals surface area contributed by atoms with Gasteiger partial charge in [0.2, 0.25) is 11.8 Å². The molecule has 1 heterocycles. The SMILES string of the molecule is C[C@@H](CC(=O)O)CC(=O)Nc1ccc2c(c1)CCCC(=O)N2. The zero-order chi connectivity index (χ0) is 16.1. The summed E-state index contributed by atoms with van der Waals surface area (Å²) in [5.41, 5.74) is 2.46. The average Bonchev–Trinajstić information content (AvgIpc) is 2.57. The van der Waals surface area contributed by atoms with E-state index < -0.39 is 5.97 Å². The topological polar surface area (TPSA) is 95.5 Å². The maximum Gasteiger partial charge on any atom is 0.303 e. The molecule has 0 aromatic heterocycles. The van der Waals surface area contributed by atoms with Gasteiger partial charge in [0.1, 0.15) is 0 Å². The third-order valence-corrected chi connectivity index (χ3v) is 3.57. The molecule has 0 bridgehead atoms. The molecular formula is C16H20N2O4. The summed E-state index contributed by atoms with van der Waals surface area (Å²) in [6, 6.07) is 5.39. The van der Waals surface area contributed by atoms with Crippen LogP contribution in [0.2, 0.25) is 0 Å². The number of fused-ring (bicyclic) bond motifs is 1. The number of carbonyl (C=O) groups excluding carboxylic acids is 2. The van der Waals surface area contributed by atoms with Gasteiger partial charge in [-0.1, -0.05) is 6.92 Å². The summed E-state index contributed by atoms with van der Waals surface area (Å²) in [7, 11) is 0. The van der Waals surface area contributed by atoms with Crippen molar-refractivity contribution in [1.29, 1.82) is 0 Å². The van der Waals surface area contributed by atoms with E-state index >= 15 is 0 Å². The first-order valence-corrected chi connectivity index (χ1v) is 7.38. The summed E-state index contributed by atoms with van der Waals surface area (Å²) < 4.78 is 0. The van der Waals surface area contributed by atoms with E-state index in [1.165, 1.54) is 0 Å². The number of anilines is 2. The second-order valence-electron chi connectivity index (χ2n) is 5.73. The van der Waals surface area contributed by atoms with Crippen LogP contribution in [-0.2, 0) is 20.8 Å². The van der Waals surface area contributed by atoms with Crippen LogP contribution in [0.15, 0.2) is 18.2 Å². The lowest BCUT2D eigenvalue weighted by atomic mass is 10.0. The molecule has 2 amide bonds. The first-order valence-electron chi connectivity index (χ1n) is 7.38. The minimum absolute atomic E-state index is 0.0121. The highest BCUT2D eigenvalue weighted by molar-refractivity contribution is 5.94. The summed E-state index contributed by atoms with van der Waals surface area (Å²) in [4.78, 5) is 34.0. The third kappa shape index (κ3) is 4.58. The molecule has 6 nitrogen and oxygen atoms in total. The summed E-state index contributed by atoms with van der Waals surface area (Å²) in [5.74, 6) is -1.30. The third-order valence-electron chi connectivity index (χ3n) is 3.57. The van der Waals surface area contributed by atoms with Crippen LogP contribution < -0.4 is 10.6 Å². The molecule has 0 unspecified atom stereocenters. The number of amides is 2. The van der Waals surface area contributed by atoms with Crippen molar-refractivity contribution < 1.29 is 19.5 Å². The molecule has 3 N–H and O–H groups in total. The van der Waals surface area contributed by atoms with Gasteiger partial charge < -0.3 is 15.7 Å². The predicted molar refractivity (Wildman–Crippen MR) is 82.7 cm³/mol. The van der Waals surface area contributed by atoms with Crippen molar-refractivity contribution in [2.75, 3.05) is 10.6 Å². The Hall–Kier alpha value is -2.37. The van der Waals surface area contributed by atoms with Crippen molar-refractivity contribution in [3.05, 3.63) is 23.8 Å². The summed E-state index contributed by atoms with van der Waals surface area (Å²) in [6.45, 7) is 1.74. The minimum Gasteiger partial charge on any atom is -0.481 e. The molecule has 1 aromatic carbocycles. The van der Waals surface area contributed by atoms with Crippen LogP contribution in [0.4, 0.5) is 11.4 Å². The van der Waals surface area contributed by atoms with Crippen LogP contribution in [0.5, 0.6) is 0 Å². The van der Waals surface area contributed by atoms with Crippen LogP contribution in [0.25, 0.3) is 0 Å². The first kappa shape index (κ1) is 16.0. The van der Waals surface area contributed by atoms with Gasteiger partial charge in [-0.15, -0.1) is 0 Å². The molecule has 6 heteroatoms. The summed E-state index contributed by atoms with van der Waals surface area (Å²) in [6.07, 6.45) is 2.21. The Labute approximate surface area is 128 Å². The molecule has 1 aromatic rings. The number of carboxylic acids is 1. The standard InChI is InChI=1S/C16H20N2O4/c1-10(8-16(21)22)7-15(20)17-12-5-6-13-11(9-12)3-2-4-14(19)18-13/h5-6,9-10H,2-4,7-8H2,1H3,(H,17,20)(H,18,19)(H,21,22)/t10-/m1/s1. The minimum atomic E-state index is -0.902. The monoisotopic (exact) mass is 304 g/mol. The maximum absolute atomic E-state index is 11.9. The summed E-state index contributed by atoms with van der Waals surface area (Å²) >= 11 is 0. The van der Waals surface area contributed by atoms with E-state index in [2.05, 4.69) is 10.6 Å². The van der Waals surface area contributed by atoms with Crippen LogP contribution in [-0.4, -0.2) is 22.9 Å². The number of carbonyl (C=O) groups is 3. The Bertz CT molecular complexity index is 598. The van der Waals surface area contributed by atoms with Gasteiger partial charge in [0.05, 0.1) is 0 Å². The van der Waals surface area contributed by atoms with Crippen molar-refractivity contribution >= 4 is 29.2 Å². The van der Waals surface area contributed by atoms with E-state index in [1.807, 2.05) is 6.07 Å². The smallest absolute Gasteiger partial charge is 0.303 e. The molecule has 2 rings (SSSR count). The molecule has 1 aliphatic heterocycles. The highest BCUT2D eigenvalue weighted by Gasteiger charge is 2.15. The Morgan fingerprint density at radius 3 is 2.82 bits per heavy atom. The van der Waals surface area contributed by atoms with Crippen LogP contribution >= 0.6 is 0 Å². The number of nitrogens with one attached hydrogen (secondary N) is 2. The molecule has 1 aliphatic rings. The number of rotatable bonds is 5. The van der Waals surface area contributed by atoms with Gasteiger partial charge in [-0.25, -0.2) is 0 Å². The van der Waals surface area contributed by atoms with E-state index in [9.17, 15) is 14.4 Å². The fraction of sp³-hybridized carbons (Fsp3) is 0.438. The van der Waals surface area contributed by atoms with Gasteiger partial charge in [-0.05, 0) is 42.5 Å². The lowest BCUT2D eigenvalue weighted by molar-refractivity contribution is -0.138. The lowest BCUT2D eigenvalue weighted by Crippen LogP contribution is -2.17. The fourth-order valence-electron chi connectivity index (χ4n) is 2.55. The number of hydrogen-bond acceptors (Lipinski definition) is 3. The van der Waals surface area contributed by atoms with E-state index in [4.69, 9.17) is 5.11 Å². The fourth-order valence-corrected chi connectivity index (χ4v) is 2.55. The number of aliphatic carboxylic acids is 1. The zero-order valence-corrected chi connectivity index (χ0v) is 12.5. The predicted octanol–water partition coefficient (Wildman–Crippen LogP) is 2.40. The van der Waals surface area contributed by atoms with Crippen molar-refractivity contribution in [3.63, 3.8) is 0 Å². The van der Waals surface area contributed by atoms with Gasteiger partial charge in [0.25, 0.3) is 0 Å². The first-order chi connectivity index (χ1) is 10.4. The molecular weight excluding hydrogens is 284 g/mol. The van der Waals surface area contributed by atoms with E-state index in [-0.39, 0.29) is 30.6 Å². The van der Waals surface area contributed by atoms with Gasteiger partial charge in [-0.3, -0.25) is 14.4 Å². The van der Waals surface area contributed by atoms with Crippen LogP contribution in [0, 0.1) is 5.92 Å². The highest BCUT2D eigenvalue weighted by Crippen LogP contribution is 2.25. The van der Waals surface area contributed by atoms with Gasteiger partial charge in [-0.2, -0.15) is 0 Å². The second-order valence-corrected chi connectivity index (χ2v) is 5.73. The molecule has 0 aliphatic carbocycles. The molecule has 0 radical (unpaired) electrons. The van der Waals surface area contributed by atoms with Crippen molar-refractivity contribution in [1.82, 2.24) is 0 Å². The molecule has 0 saturated carbocycles. The Morgan fingerprint density at radius 1 is 1.32 bits per heavy atom. The molecule has 1 atom stereocenters. The summed E-state index contributed by atoms with van der Waals surface area (Å²) in [5, 5.41) is 14.3. The van der Waals surface area contributed by atoms with Crippen molar-refractivity contribution in [2.45, 2.75) is 39.0 Å². The maximum atomic E-state index is 11.9. The second kappa shape index (κ2) is 7.06.